The fourth-order valence-corrected chi connectivity index (χ4v) is 6.77. The molecule has 4 heterocycles. The third-order valence-electron chi connectivity index (χ3n) is 7.49. The summed E-state index contributed by atoms with van der Waals surface area (Å²) in [6.07, 6.45) is 14.0. The quantitative estimate of drug-likeness (QED) is 0.335. The van der Waals surface area contributed by atoms with Crippen LogP contribution in [0.1, 0.15) is 72.5 Å². The summed E-state index contributed by atoms with van der Waals surface area (Å²) in [5, 5.41) is 13.2. The number of nitrogens with one attached hydrogen (secondary N) is 1. The summed E-state index contributed by atoms with van der Waals surface area (Å²) in [6, 6.07) is 12.1. The molecule has 2 aliphatic rings. The van der Waals surface area contributed by atoms with Crippen LogP contribution in [0, 0.1) is 6.92 Å². The van der Waals surface area contributed by atoms with Crippen LogP contribution in [0.2, 0.25) is 0 Å². The Balaban J connectivity index is 1.22. The van der Waals surface area contributed by atoms with Crippen LogP contribution in [0.4, 0.5) is 5.82 Å². The van der Waals surface area contributed by atoms with Crippen LogP contribution >= 0.6 is 11.9 Å². The third kappa shape index (κ3) is 5.29. The van der Waals surface area contributed by atoms with Gasteiger partial charge in [-0.05, 0) is 50.8 Å². The number of hydrogen-bond donors (Lipinski definition) is 1. The molecule has 1 aliphatic heterocycles. The van der Waals surface area contributed by atoms with Gasteiger partial charge in [0.05, 0.1) is 17.6 Å². The Hall–Kier alpha value is -3.17. The highest BCUT2D eigenvalue weighted by Crippen LogP contribution is 2.36. The van der Waals surface area contributed by atoms with E-state index < -0.39 is 0 Å². The molecule has 1 saturated carbocycles. The van der Waals surface area contributed by atoms with Gasteiger partial charge in [0.2, 0.25) is 0 Å². The first kappa shape index (κ1) is 24.2. The van der Waals surface area contributed by atoms with Crippen LogP contribution in [0.25, 0.3) is 11.3 Å². The van der Waals surface area contributed by atoms with E-state index in [2.05, 4.69) is 50.7 Å². The van der Waals surface area contributed by atoms with E-state index in [0.29, 0.717) is 22.9 Å². The Bertz CT molecular complexity index is 1360. The summed E-state index contributed by atoms with van der Waals surface area (Å²) in [5.41, 5.74) is 4.12. The standard InChI is InChI=1S/C28H33N7OS/c1-20-8-10-22(11-9-20)35-26(31-28(36)24-19-30-34-15-5-14-29-27(24)34)18-25(32-35)21-12-16-33(17-13-21)37-23-6-3-2-4-7-23/h5,8-11,14-15,18-19,21,23H,2-4,6-7,12-13,16-17H2,1H3,(H,31,36). The topological polar surface area (TPSA) is 80.4 Å². The maximum absolute atomic E-state index is 13.3. The molecule has 4 aromatic rings. The summed E-state index contributed by atoms with van der Waals surface area (Å²) in [5.74, 6) is 0.801. The van der Waals surface area contributed by atoms with Gasteiger partial charge in [0.1, 0.15) is 11.4 Å². The number of fused-ring (bicyclic) bond motifs is 1. The number of piperidine rings is 1. The van der Waals surface area contributed by atoms with E-state index in [-0.39, 0.29) is 5.91 Å². The minimum atomic E-state index is -0.243. The molecular formula is C28H33N7OS. The highest BCUT2D eigenvalue weighted by molar-refractivity contribution is 7.97. The molecule has 6 rings (SSSR count). The van der Waals surface area contributed by atoms with E-state index in [0.717, 1.165) is 42.6 Å². The molecule has 0 unspecified atom stereocenters. The molecule has 1 aliphatic carbocycles. The number of rotatable bonds is 6. The fourth-order valence-electron chi connectivity index (χ4n) is 5.38. The highest BCUT2D eigenvalue weighted by Gasteiger charge is 2.27. The monoisotopic (exact) mass is 515 g/mol. The van der Waals surface area contributed by atoms with Gasteiger partial charge in [-0.25, -0.2) is 14.2 Å². The Labute approximate surface area is 221 Å². The third-order valence-corrected chi connectivity index (χ3v) is 8.93. The van der Waals surface area contributed by atoms with Crippen LogP contribution in [-0.4, -0.2) is 52.9 Å². The van der Waals surface area contributed by atoms with Crippen molar-refractivity contribution in [3.63, 3.8) is 0 Å². The van der Waals surface area contributed by atoms with Gasteiger partial charge >= 0.3 is 0 Å². The number of carbonyl (C=O) groups is 1. The smallest absolute Gasteiger partial charge is 0.262 e. The molecule has 1 N–H and O–H groups in total. The number of amides is 1. The zero-order chi connectivity index (χ0) is 25.2. The van der Waals surface area contributed by atoms with Crippen molar-refractivity contribution in [2.45, 2.75) is 63.0 Å². The maximum atomic E-state index is 13.3. The summed E-state index contributed by atoms with van der Waals surface area (Å²) in [7, 11) is 0. The Morgan fingerprint density at radius 1 is 1.05 bits per heavy atom. The molecule has 2 fully saturated rings. The van der Waals surface area contributed by atoms with Gasteiger partial charge in [-0.15, -0.1) is 0 Å². The number of aryl methyl sites for hydroxylation is 1. The Morgan fingerprint density at radius 3 is 2.62 bits per heavy atom. The van der Waals surface area contributed by atoms with Crippen molar-refractivity contribution in [1.29, 1.82) is 0 Å². The van der Waals surface area contributed by atoms with Gasteiger partial charge in [0.15, 0.2) is 5.65 Å². The molecule has 1 saturated heterocycles. The average molecular weight is 516 g/mol. The first-order valence-electron chi connectivity index (χ1n) is 13.3. The minimum absolute atomic E-state index is 0.243. The first-order chi connectivity index (χ1) is 18.1. The number of aromatic nitrogens is 5. The van der Waals surface area contributed by atoms with E-state index in [4.69, 9.17) is 5.10 Å². The van der Waals surface area contributed by atoms with Crippen molar-refractivity contribution in [3.05, 3.63) is 71.8 Å². The largest absolute Gasteiger partial charge is 0.306 e. The first-order valence-corrected chi connectivity index (χ1v) is 14.2. The van der Waals surface area contributed by atoms with Gasteiger partial charge in [-0.2, -0.15) is 10.2 Å². The lowest BCUT2D eigenvalue weighted by Gasteiger charge is -2.33. The SMILES string of the molecule is Cc1ccc(-n2nc(C3CCN(SC4CCCCC4)CC3)cc2NC(=O)c2cnn3cccnc23)cc1. The molecule has 0 atom stereocenters. The highest BCUT2D eigenvalue weighted by atomic mass is 32.2. The van der Waals surface area contributed by atoms with Gasteiger partial charge < -0.3 is 5.32 Å². The fraction of sp³-hybridized carbons (Fsp3) is 0.429. The summed E-state index contributed by atoms with van der Waals surface area (Å²) >= 11 is 2.09. The van der Waals surface area contributed by atoms with Crippen molar-refractivity contribution in [2.75, 3.05) is 18.4 Å². The van der Waals surface area contributed by atoms with Gasteiger partial charge in [0, 0.05) is 42.7 Å². The van der Waals surface area contributed by atoms with Crippen LogP contribution in [0.5, 0.6) is 0 Å². The second-order valence-electron chi connectivity index (χ2n) is 10.2. The zero-order valence-corrected chi connectivity index (χ0v) is 22.0. The molecule has 192 valence electrons. The van der Waals surface area contributed by atoms with Gasteiger partial charge in [-0.1, -0.05) is 48.9 Å². The van der Waals surface area contributed by atoms with Crippen LogP contribution in [0.3, 0.4) is 0 Å². The van der Waals surface area contributed by atoms with Crippen molar-refractivity contribution < 1.29 is 4.79 Å². The zero-order valence-electron chi connectivity index (χ0n) is 21.2. The molecule has 37 heavy (non-hydrogen) atoms. The number of nitrogens with zero attached hydrogens (tertiary/aromatic N) is 6. The average Bonchev–Trinajstić information content (AvgIpc) is 3.55. The molecule has 0 bridgehead atoms. The molecule has 3 aromatic heterocycles. The second kappa shape index (κ2) is 10.7. The van der Waals surface area contributed by atoms with E-state index in [1.54, 1.807) is 29.2 Å². The lowest BCUT2D eigenvalue weighted by atomic mass is 9.95. The van der Waals surface area contributed by atoms with Crippen molar-refractivity contribution in [3.8, 4) is 5.69 Å². The summed E-state index contributed by atoms with van der Waals surface area (Å²) < 4.78 is 6.04. The van der Waals surface area contributed by atoms with Crippen molar-refractivity contribution in [1.82, 2.24) is 28.7 Å². The van der Waals surface area contributed by atoms with Crippen molar-refractivity contribution >= 4 is 29.3 Å². The number of carbonyl (C=O) groups excluding carboxylic acids is 1. The number of anilines is 1. The predicted octanol–water partition coefficient (Wildman–Crippen LogP) is 5.64. The van der Waals surface area contributed by atoms with Crippen molar-refractivity contribution in [2.24, 2.45) is 0 Å². The maximum Gasteiger partial charge on any atom is 0.262 e. The van der Waals surface area contributed by atoms with E-state index >= 15 is 0 Å². The van der Waals surface area contributed by atoms with E-state index in [1.165, 1.54) is 37.7 Å². The molecule has 9 heteroatoms. The van der Waals surface area contributed by atoms with Crippen LogP contribution in [0.15, 0.2) is 55.0 Å². The molecule has 8 nitrogen and oxygen atoms in total. The number of hydrogen-bond acceptors (Lipinski definition) is 6. The van der Waals surface area contributed by atoms with Gasteiger partial charge in [0.25, 0.3) is 5.91 Å². The lowest BCUT2D eigenvalue weighted by molar-refractivity contribution is 0.102. The van der Waals surface area contributed by atoms with Gasteiger partial charge in [-0.3, -0.25) is 9.10 Å². The molecular weight excluding hydrogens is 482 g/mol. The van der Waals surface area contributed by atoms with E-state index in [1.807, 2.05) is 22.9 Å². The predicted molar refractivity (Wildman–Crippen MR) is 147 cm³/mol. The molecule has 1 amide bonds. The summed E-state index contributed by atoms with van der Waals surface area (Å²) in [4.78, 5) is 17.6. The van der Waals surface area contributed by atoms with E-state index in [9.17, 15) is 4.79 Å². The molecule has 0 spiro atoms. The summed E-state index contributed by atoms with van der Waals surface area (Å²) in [6.45, 7) is 4.23. The minimum Gasteiger partial charge on any atom is -0.306 e. The normalized spacial score (nSPS) is 17.9. The Kier molecular flexibility index (Phi) is 6.97. The lowest BCUT2D eigenvalue weighted by Crippen LogP contribution is -2.30. The second-order valence-corrected chi connectivity index (χ2v) is 11.6. The van der Waals surface area contributed by atoms with Crippen LogP contribution in [-0.2, 0) is 0 Å². The molecule has 0 radical (unpaired) electrons. The van der Waals surface area contributed by atoms with Crippen LogP contribution < -0.4 is 5.32 Å². The Morgan fingerprint density at radius 2 is 1.84 bits per heavy atom. The molecule has 1 aromatic carbocycles. The number of benzene rings is 1.